The topological polar surface area (TPSA) is 25.8 Å². The summed E-state index contributed by atoms with van der Waals surface area (Å²) >= 11 is 1.63. The number of aryl methyl sites for hydroxylation is 1. The Morgan fingerprint density at radius 1 is 1.50 bits per heavy atom. The van der Waals surface area contributed by atoms with E-state index < -0.39 is 0 Å². The first-order chi connectivity index (χ1) is 5.81. The van der Waals surface area contributed by atoms with Crippen LogP contribution in [-0.4, -0.2) is 9.97 Å². The smallest absolute Gasteiger partial charge is 0.127 e. The predicted molar refractivity (Wildman–Crippen MR) is 52.2 cm³/mol. The zero-order chi connectivity index (χ0) is 8.55. The molecular weight excluding hydrogens is 168 g/mol. The third-order valence-corrected chi connectivity index (χ3v) is 2.47. The van der Waals surface area contributed by atoms with Crippen LogP contribution in [0.15, 0.2) is 18.0 Å². The fraction of sp³-hybridized carbons (Fsp3) is 0.111. The molecule has 0 saturated carbocycles. The average Bonchev–Trinajstić information content (AvgIpc) is 2.50. The lowest BCUT2D eigenvalue weighted by molar-refractivity contribution is 1.09. The normalized spacial score (nSPS) is 10.4. The molecule has 2 heterocycles. The van der Waals surface area contributed by atoms with Gasteiger partial charge in [0, 0.05) is 5.39 Å². The maximum Gasteiger partial charge on any atom is 0.127 e. The van der Waals surface area contributed by atoms with Gasteiger partial charge in [-0.15, -0.1) is 11.3 Å². The minimum atomic E-state index is 0.805. The van der Waals surface area contributed by atoms with Crippen molar-refractivity contribution in [1.29, 1.82) is 0 Å². The van der Waals surface area contributed by atoms with Gasteiger partial charge in [-0.05, 0) is 24.4 Å². The van der Waals surface area contributed by atoms with E-state index >= 15 is 0 Å². The van der Waals surface area contributed by atoms with Crippen LogP contribution >= 0.6 is 11.3 Å². The molecule has 0 bridgehead atoms. The van der Waals surface area contributed by atoms with E-state index in [2.05, 4.69) is 16.5 Å². The van der Waals surface area contributed by atoms with Gasteiger partial charge in [0.05, 0.1) is 5.69 Å². The zero-order valence-corrected chi connectivity index (χ0v) is 7.56. The standard InChI is InChI=1S/C9H8N2S/c1-3-8-7-4-5-12-9(7)11-6(2)10-8/h3-5H,1H2,2H3. The number of thiophene rings is 1. The molecule has 2 nitrogen and oxygen atoms in total. The van der Waals surface area contributed by atoms with E-state index in [0.717, 1.165) is 21.7 Å². The molecule has 12 heavy (non-hydrogen) atoms. The summed E-state index contributed by atoms with van der Waals surface area (Å²) in [4.78, 5) is 9.61. The number of hydrogen-bond donors (Lipinski definition) is 0. The molecule has 0 fully saturated rings. The third kappa shape index (κ3) is 1.02. The molecule has 0 atom stereocenters. The second-order valence-electron chi connectivity index (χ2n) is 2.50. The van der Waals surface area contributed by atoms with E-state index in [1.807, 2.05) is 18.4 Å². The maximum atomic E-state index is 4.30. The fourth-order valence-corrected chi connectivity index (χ4v) is 1.96. The van der Waals surface area contributed by atoms with Gasteiger partial charge in [0.1, 0.15) is 10.7 Å². The van der Waals surface area contributed by atoms with Gasteiger partial charge in [0.2, 0.25) is 0 Å². The summed E-state index contributed by atoms with van der Waals surface area (Å²) in [6.07, 6.45) is 1.77. The predicted octanol–water partition coefficient (Wildman–Crippen LogP) is 2.64. The second-order valence-corrected chi connectivity index (χ2v) is 3.39. The highest BCUT2D eigenvalue weighted by atomic mass is 32.1. The summed E-state index contributed by atoms with van der Waals surface area (Å²) in [6, 6.07) is 2.02. The van der Waals surface area contributed by atoms with Crippen molar-refractivity contribution in [2.24, 2.45) is 0 Å². The minimum absolute atomic E-state index is 0.805. The number of fused-ring (bicyclic) bond motifs is 1. The van der Waals surface area contributed by atoms with E-state index in [9.17, 15) is 0 Å². The van der Waals surface area contributed by atoms with Crippen LogP contribution in [0.4, 0.5) is 0 Å². The summed E-state index contributed by atoms with van der Waals surface area (Å²) in [6.45, 7) is 5.61. The van der Waals surface area contributed by atoms with Crippen molar-refractivity contribution in [2.45, 2.75) is 6.92 Å². The molecule has 2 rings (SSSR count). The summed E-state index contributed by atoms with van der Waals surface area (Å²) in [5.41, 5.74) is 0.929. The molecule has 0 spiro atoms. The Balaban J connectivity index is 2.88. The lowest BCUT2D eigenvalue weighted by atomic mass is 10.3. The Morgan fingerprint density at radius 3 is 3.08 bits per heavy atom. The minimum Gasteiger partial charge on any atom is -0.233 e. The number of rotatable bonds is 1. The first-order valence-electron chi connectivity index (χ1n) is 3.65. The Hall–Kier alpha value is -1.22. The van der Waals surface area contributed by atoms with Gasteiger partial charge in [-0.3, -0.25) is 0 Å². The monoisotopic (exact) mass is 176 g/mol. The van der Waals surface area contributed by atoms with E-state index in [1.165, 1.54) is 0 Å². The van der Waals surface area contributed by atoms with Gasteiger partial charge in [-0.1, -0.05) is 6.58 Å². The van der Waals surface area contributed by atoms with Crippen molar-refractivity contribution in [1.82, 2.24) is 9.97 Å². The SMILES string of the molecule is C=Cc1nc(C)nc2sccc12. The highest BCUT2D eigenvalue weighted by molar-refractivity contribution is 7.16. The molecule has 0 saturated heterocycles. The van der Waals surface area contributed by atoms with Crippen LogP contribution in [0.5, 0.6) is 0 Å². The van der Waals surface area contributed by atoms with E-state index in [4.69, 9.17) is 0 Å². The highest BCUT2D eigenvalue weighted by Gasteiger charge is 2.02. The Labute approximate surface area is 74.6 Å². The van der Waals surface area contributed by atoms with Crippen LogP contribution in [0.3, 0.4) is 0 Å². The summed E-state index contributed by atoms with van der Waals surface area (Å²) in [5.74, 6) is 0.805. The quantitative estimate of drug-likeness (QED) is 0.667. The molecule has 3 heteroatoms. The van der Waals surface area contributed by atoms with Crippen molar-refractivity contribution in [3.8, 4) is 0 Å². The summed E-state index contributed by atoms with van der Waals surface area (Å²) in [7, 11) is 0. The molecule has 0 aliphatic rings. The van der Waals surface area contributed by atoms with Crippen LogP contribution in [0, 0.1) is 6.92 Å². The van der Waals surface area contributed by atoms with E-state index in [1.54, 1.807) is 17.4 Å². The number of hydrogen-bond acceptors (Lipinski definition) is 3. The van der Waals surface area contributed by atoms with Crippen molar-refractivity contribution in [2.75, 3.05) is 0 Å². The lowest BCUT2D eigenvalue weighted by Crippen LogP contribution is -1.89. The molecule has 0 N–H and O–H groups in total. The lowest BCUT2D eigenvalue weighted by Gasteiger charge is -1.96. The maximum absolute atomic E-state index is 4.30. The largest absolute Gasteiger partial charge is 0.233 e. The highest BCUT2D eigenvalue weighted by Crippen LogP contribution is 2.21. The Kier molecular flexibility index (Phi) is 1.66. The van der Waals surface area contributed by atoms with Crippen molar-refractivity contribution < 1.29 is 0 Å². The van der Waals surface area contributed by atoms with Gasteiger partial charge in [-0.2, -0.15) is 0 Å². The van der Waals surface area contributed by atoms with Crippen LogP contribution in [-0.2, 0) is 0 Å². The van der Waals surface area contributed by atoms with E-state index in [0.29, 0.717) is 0 Å². The number of aromatic nitrogens is 2. The average molecular weight is 176 g/mol. The summed E-state index contributed by atoms with van der Waals surface area (Å²) in [5, 5.41) is 3.12. The molecular formula is C9H8N2S. The molecule has 2 aromatic heterocycles. The van der Waals surface area contributed by atoms with Crippen LogP contribution in [0.25, 0.3) is 16.3 Å². The summed E-state index contributed by atoms with van der Waals surface area (Å²) < 4.78 is 0. The molecule has 0 radical (unpaired) electrons. The van der Waals surface area contributed by atoms with Crippen LogP contribution in [0.2, 0.25) is 0 Å². The molecule has 2 aromatic rings. The fourth-order valence-electron chi connectivity index (χ4n) is 1.14. The van der Waals surface area contributed by atoms with Gasteiger partial charge in [0.25, 0.3) is 0 Å². The van der Waals surface area contributed by atoms with Gasteiger partial charge < -0.3 is 0 Å². The molecule has 0 aliphatic heterocycles. The van der Waals surface area contributed by atoms with Gasteiger partial charge in [-0.25, -0.2) is 9.97 Å². The van der Waals surface area contributed by atoms with Crippen LogP contribution in [0.1, 0.15) is 11.5 Å². The van der Waals surface area contributed by atoms with Gasteiger partial charge >= 0.3 is 0 Å². The molecule has 0 aliphatic carbocycles. The number of nitrogens with zero attached hydrogens (tertiary/aromatic N) is 2. The van der Waals surface area contributed by atoms with Crippen molar-refractivity contribution in [3.05, 3.63) is 29.5 Å². The second kappa shape index (κ2) is 2.68. The molecule has 0 aromatic carbocycles. The Morgan fingerprint density at radius 2 is 2.33 bits per heavy atom. The first-order valence-corrected chi connectivity index (χ1v) is 4.53. The van der Waals surface area contributed by atoms with E-state index in [-0.39, 0.29) is 0 Å². The third-order valence-electron chi connectivity index (χ3n) is 1.66. The van der Waals surface area contributed by atoms with Crippen molar-refractivity contribution >= 4 is 27.6 Å². The zero-order valence-electron chi connectivity index (χ0n) is 6.74. The van der Waals surface area contributed by atoms with Crippen LogP contribution < -0.4 is 0 Å². The van der Waals surface area contributed by atoms with Gasteiger partial charge in [0.15, 0.2) is 0 Å². The molecule has 0 unspecified atom stereocenters. The van der Waals surface area contributed by atoms with Crippen molar-refractivity contribution in [3.63, 3.8) is 0 Å². The first kappa shape index (κ1) is 7.43. The molecule has 0 amide bonds. The Bertz CT molecular complexity index is 431. The molecule has 60 valence electrons.